The molecule has 5 rings (SSSR count). The second kappa shape index (κ2) is 10.9. The third kappa shape index (κ3) is 5.84. The van der Waals surface area contributed by atoms with Crippen LogP contribution in [-0.2, 0) is 9.59 Å². The summed E-state index contributed by atoms with van der Waals surface area (Å²) < 4.78 is 21.7. The Morgan fingerprint density at radius 2 is 1.90 bits per heavy atom. The first kappa shape index (κ1) is 27.6. The normalized spacial score (nSPS) is 25.7. The number of halogens is 1. The molecule has 0 bridgehead atoms. The second-order valence-electron chi connectivity index (χ2n) is 12.7. The first-order valence-corrected chi connectivity index (χ1v) is 14.3. The molecule has 2 N–H and O–H groups in total. The van der Waals surface area contributed by atoms with Gasteiger partial charge in [0, 0.05) is 24.6 Å². The number of nitrogens with one attached hydrogen (secondary N) is 1. The maximum absolute atomic E-state index is 15.1. The highest BCUT2D eigenvalue weighted by atomic mass is 19.1. The lowest BCUT2D eigenvalue weighted by molar-refractivity contribution is -0.138. The number of likely N-dealkylation sites (N-methyl/N-ethyl adjacent to an activating group) is 1. The van der Waals surface area contributed by atoms with Gasteiger partial charge in [0.25, 0.3) is 0 Å². The Kier molecular flexibility index (Phi) is 7.73. The van der Waals surface area contributed by atoms with Gasteiger partial charge in [0.15, 0.2) is 0 Å². The molecule has 4 atom stereocenters. The van der Waals surface area contributed by atoms with Crippen molar-refractivity contribution in [1.82, 2.24) is 10.2 Å². The first-order chi connectivity index (χ1) is 18.5. The molecule has 1 aliphatic heterocycles. The van der Waals surface area contributed by atoms with E-state index in [2.05, 4.69) is 24.1 Å². The van der Waals surface area contributed by atoms with Crippen molar-refractivity contribution in [3.63, 3.8) is 0 Å². The lowest BCUT2D eigenvalue weighted by atomic mass is 9.76. The fourth-order valence-electron chi connectivity index (χ4n) is 6.63. The smallest absolute Gasteiger partial charge is 0.310 e. The third-order valence-electron chi connectivity index (χ3n) is 9.01. The summed E-state index contributed by atoms with van der Waals surface area (Å²) in [4.78, 5) is 26.9. The quantitative estimate of drug-likeness (QED) is 0.427. The highest BCUT2D eigenvalue weighted by molar-refractivity contribution is 5.82. The second-order valence-corrected chi connectivity index (χ2v) is 12.7. The molecule has 6 nitrogen and oxygen atoms in total. The lowest BCUT2D eigenvalue weighted by Crippen LogP contribution is -2.45. The monoisotopic (exact) mass is 536 g/mol. The van der Waals surface area contributed by atoms with Crippen LogP contribution < -0.4 is 10.1 Å². The van der Waals surface area contributed by atoms with E-state index < -0.39 is 11.9 Å². The summed E-state index contributed by atoms with van der Waals surface area (Å²) in [5.74, 6) is -0.923. The van der Waals surface area contributed by atoms with Crippen LogP contribution >= 0.6 is 0 Å². The average Bonchev–Trinajstić information content (AvgIpc) is 3.40. The fourth-order valence-corrected chi connectivity index (χ4v) is 6.63. The van der Waals surface area contributed by atoms with Crippen molar-refractivity contribution in [3.05, 3.63) is 53.3 Å². The number of ether oxygens (including phenoxy) is 1. The predicted molar refractivity (Wildman–Crippen MR) is 149 cm³/mol. The maximum atomic E-state index is 15.1. The predicted octanol–water partition coefficient (Wildman–Crippen LogP) is 6.09. The lowest BCUT2D eigenvalue weighted by Gasteiger charge is -2.29. The summed E-state index contributed by atoms with van der Waals surface area (Å²) in [6, 6.07) is 10.6. The van der Waals surface area contributed by atoms with Gasteiger partial charge in [-0.3, -0.25) is 14.5 Å². The number of hydrogen-bond acceptors (Lipinski definition) is 4. The molecular weight excluding hydrogens is 495 g/mol. The largest absolute Gasteiger partial charge is 0.490 e. The van der Waals surface area contributed by atoms with Gasteiger partial charge in [-0.2, -0.15) is 0 Å². The summed E-state index contributed by atoms with van der Waals surface area (Å²) in [5.41, 5.74) is 3.02. The maximum Gasteiger partial charge on any atom is 0.310 e. The van der Waals surface area contributed by atoms with Crippen LogP contribution in [0.4, 0.5) is 4.39 Å². The molecular formula is C32H41FN2O4. The van der Waals surface area contributed by atoms with Gasteiger partial charge in [-0.15, -0.1) is 0 Å². The number of aliphatic carboxylic acids is 1. The molecule has 2 saturated carbocycles. The number of carboxylic acids is 1. The van der Waals surface area contributed by atoms with Gasteiger partial charge < -0.3 is 15.2 Å². The number of carbonyl (C=O) groups excluding carboxylic acids is 1. The van der Waals surface area contributed by atoms with E-state index in [0.717, 1.165) is 56.2 Å². The van der Waals surface area contributed by atoms with Crippen LogP contribution in [0, 0.1) is 11.2 Å². The van der Waals surface area contributed by atoms with Gasteiger partial charge >= 0.3 is 5.97 Å². The van der Waals surface area contributed by atoms with Crippen LogP contribution in [-0.4, -0.2) is 53.7 Å². The van der Waals surface area contributed by atoms with E-state index in [0.29, 0.717) is 23.3 Å². The van der Waals surface area contributed by atoms with Crippen LogP contribution in [0.2, 0.25) is 0 Å². The summed E-state index contributed by atoms with van der Waals surface area (Å²) in [5, 5.41) is 12.9. The topological polar surface area (TPSA) is 78.9 Å². The van der Waals surface area contributed by atoms with Crippen LogP contribution in [0.25, 0.3) is 11.1 Å². The van der Waals surface area contributed by atoms with Crippen LogP contribution in [0.15, 0.2) is 36.4 Å². The molecule has 0 spiro atoms. The molecule has 1 heterocycles. The Balaban J connectivity index is 1.36. The molecule has 2 aliphatic carbocycles. The van der Waals surface area contributed by atoms with Crippen molar-refractivity contribution in [1.29, 1.82) is 0 Å². The summed E-state index contributed by atoms with van der Waals surface area (Å²) in [6.45, 7) is 6.97. The van der Waals surface area contributed by atoms with E-state index in [1.165, 1.54) is 6.07 Å². The van der Waals surface area contributed by atoms with Gasteiger partial charge in [0.05, 0.1) is 12.0 Å². The molecule has 210 valence electrons. The molecule has 2 aromatic rings. The van der Waals surface area contributed by atoms with E-state index in [4.69, 9.17) is 4.74 Å². The van der Waals surface area contributed by atoms with E-state index >= 15 is 4.39 Å². The number of benzene rings is 2. The number of carbonyl (C=O) groups is 2. The van der Waals surface area contributed by atoms with Crippen molar-refractivity contribution >= 4 is 11.9 Å². The van der Waals surface area contributed by atoms with Gasteiger partial charge in [0.2, 0.25) is 5.91 Å². The van der Waals surface area contributed by atoms with E-state index in [1.54, 1.807) is 19.1 Å². The molecule has 0 aromatic heterocycles. The van der Waals surface area contributed by atoms with Crippen molar-refractivity contribution in [3.8, 4) is 16.9 Å². The number of rotatable bonds is 8. The molecule has 39 heavy (non-hydrogen) atoms. The van der Waals surface area contributed by atoms with Crippen molar-refractivity contribution in [2.45, 2.75) is 95.7 Å². The minimum Gasteiger partial charge on any atom is -0.490 e. The van der Waals surface area contributed by atoms with Gasteiger partial charge in [0.1, 0.15) is 17.7 Å². The standard InChI is InChI=1S/C32H41FN2O4/c1-19(31(37)38)21-11-14-28(25(15-21)24-9-6-10-26(33)29(24)20-7-5-8-20)39-23-13-12-22(16-23)34-30(36)27-17-32(2,3)18-35(27)4/h6,9-11,14-15,19-20,22-23,27H,5,7-8,12-13,16-18H2,1-4H3,(H,34,36)(H,37,38)/t19-,22+,23+,27-/m0/s1. The summed E-state index contributed by atoms with van der Waals surface area (Å²) in [7, 11) is 2.01. The molecule has 0 radical (unpaired) electrons. The summed E-state index contributed by atoms with van der Waals surface area (Å²) in [6.07, 6.45) is 6.10. The summed E-state index contributed by atoms with van der Waals surface area (Å²) >= 11 is 0. The molecule has 0 unspecified atom stereocenters. The van der Waals surface area contributed by atoms with E-state index in [9.17, 15) is 14.7 Å². The highest BCUT2D eigenvalue weighted by Gasteiger charge is 2.40. The van der Waals surface area contributed by atoms with E-state index in [-0.39, 0.29) is 41.2 Å². The van der Waals surface area contributed by atoms with Gasteiger partial charge in [-0.05, 0) is 92.3 Å². The molecule has 1 saturated heterocycles. The minimum absolute atomic E-state index is 0.0501. The Hall–Kier alpha value is -2.93. The average molecular weight is 537 g/mol. The zero-order valence-electron chi connectivity index (χ0n) is 23.5. The molecule has 7 heteroatoms. The molecule has 2 aromatic carbocycles. The number of amides is 1. The Morgan fingerprint density at radius 3 is 2.54 bits per heavy atom. The van der Waals surface area contributed by atoms with E-state index in [1.807, 2.05) is 25.2 Å². The SMILES string of the molecule is C[C@H](C(=O)O)c1ccc(O[C@@H]2CC[C@@H](NC(=O)[C@@H]3CC(C)(C)CN3C)C2)c(-c2cccc(F)c2C2CCC2)c1. The zero-order chi connectivity index (χ0) is 27.9. The third-order valence-corrected chi connectivity index (χ3v) is 9.01. The van der Waals surface area contributed by atoms with Crippen molar-refractivity contribution in [2.24, 2.45) is 5.41 Å². The van der Waals surface area contributed by atoms with Crippen LogP contribution in [0.1, 0.15) is 88.7 Å². The van der Waals surface area contributed by atoms with Crippen LogP contribution in [0.3, 0.4) is 0 Å². The molecule has 3 aliphatic rings. The van der Waals surface area contributed by atoms with Crippen LogP contribution in [0.5, 0.6) is 5.75 Å². The Morgan fingerprint density at radius 1 is 1.13 bits per heavy atom. The number of nitrogens with zero attached hydrogens (tertiary/aromatic N) is 1. The Bertz CT molecular complexity index is 1240. The van der Waals surface area contributed by atoms with Gasteiger partial charge in [-0.1, -0.05) is 38.5 Å². The van der Waals surface area contributed by atoms with Gasteiger partial charge in [-0.25, -0.2) is 4.39 Å². The van der Waals surface area contributed by atoms with Crippen molar-refractivity contribution < 1.29 is 23.8 Å². The molecule has 1 amide bonds. The van der Waals surface area contributed by atoms with Crippen molar-refractivity contribution in [2.75, 3.05) is 13.6 Å². The number of carboxylic acid groups (broad SMARTS) is 1. The number of hydrogen-bond donors (Lipinski definition) is 2. The number of likely N-dealkylation sites (tertiary alicyclic amines) is 1. The first-order valence-electron chi connectivity index (χ1n) is 14.3. The zero-order valence-corrected chi connectivity index (χ0v) is 23.5. The Labute approximate surface area is 230 Å². The minimum atomic E-state index is -0.904. The fraction of sp³-hybridized carbons (Fsp3) is 0.562. The highest BCUT2D eigenvalue weighted by Crippen LogP contribution is 2.45. The molecule has 3 fully saturated rings.